The Morgan fingerprint density at radius 2 is 1.14 bits per heavy atom. The molecule has 0 spiro atoms. The highest BCUT2D eigenvalue weighted by atomic mass is 79.9. The van der Waals surface area contributed by atoms with Crippen LogP contribution in [0.2, 0.25) is 0 Å². The van der Waals surface area contributed by atoms with Crippen molar-refractivity contribution in [1.82, 2.24) is 0 Å². The molecule has 0 aliphatic heterocycles. The molecule has 2 aromatic carbocycles. The Morgan fingerprint density at radius 3 is 1.59 bits per heavy atom. The van der Waals surface area contributed by atoms with E-state index in [1.165, 1.54) is 42.5 Å². The lowest BCUT2D eigenvalue weighted by molar-refractivity contribution is 0.596. The molecule has 0 N–H and O–H groups in total. The number of benzene rings is 2. The molecule has 0 saturated heterocycles. The predicted molar refractivity (Wildman–Crippen MR) is 121 cm³/mol. The summed E-state index contributed by atoms with van der Waals surface area (Å²) in [6.45, 7) is 0. The third-order valence-corrected chi connectivity index (χ3v) is 7.58. The Morgan fingerprint density at radius 1 is 0.690 bits per heavy atom. The van der Waals surface area contributed by atoms with Gasteiger partial charge in [0.05, 0.1) is 26.2 Å². The van der Waals surface area contributed by atoms with Crippen LogP contribution in [0.25, 0.3) is 0 Å². The van der Waals surface area contributed by atoms with Crippen molar-refractivity contribution in [3.63, 3.8) is 0 Å². The second-order valence-corrected chi connectivity index (χ2v) is 11.1. The topological polar surface area (TPSA) is 93.0 Å². The molecular formula is C18H11Br2ClN2O4S2. The van der Waals surface area contributed by atoms with Gasteiger partial charge in [0.1, 0.15) is 0 Å². The molecule has 150 valence electrons. The van der Waals surface area contributed by atoms with Crippen LogP contribution in [0.4, 0.5) is 0 Å². The first-order valence-corrected chi connectivity index (χ1v) is 12.7. The van der Waals surface area contributed by atoms with E-state index in [4.69, 9.17) is 11.6 Å². The van der Waals surface area contributed by atoms with Gasteiger partial charge in [-0.2, -0.15) is 25.6 Å². The van der Waals surface area contributed by atoms with E-state index < -0.39 is 20.0 Å². The fraction of sp³-hybridized carbons (Fsp3) is 0. The quantitative estimate of drug-likeness (QED) is 0.485. The van der Waals surface area contributed by atoms with Gasteiger partial charge < -0.3 is 0 Å². The van der Waals surface area contributed by atoms with Crippen molar-refractivity contribution < 1.29 is 16.8 Å². The minimum absolute atomic E-state index is 0.00310. The van der Waals surface area contributed by atoms with Gasteiger partial charge >= 0.3 is 0 Å². The average molecular weight is 579 g/mol. The molecule has 3 rings (SSSR count). The van der Waals surface area contributed by atoms with Gasteiger partial charge in [0.25, 0.3) is 20.0 Å². The van der Waals surface area contributed by atoms with Crippen LogP contribution in [0.5, 0.6) is 0 Å². The Hall–Kier alpha value is -1.59. The zero-order chi connectivity index (χ0) is 21.2. The van der Waals surface area contributed by atoms with E-state index in [2.05, 4.69) is 40.7 Å². The van der Waals surface area contributed by atoms with Gasteiger partial charge in [-0.05, 0) is 66.8 Å². The minimum Gasteiger partial charge on any atom is -0.199 e. The van der Waals surface area contributed by atoms with Crippen molar-refractivity contribution in [3.05, 3.63) is 80.7 Å². The van der Waals surface area contributed by atoms with Gasteiger partial charge in [0, 0.05) is 8.95 Å². The number of rotatable bonds is 4. The molecule has 0 fully saturated rings. The van der Waals surface area contributed by atoms with Crippen molar-refractivity contribution in [2.75, 3.05) is 0 Å². The van der Waals surface area contributed by atoms with Gasteiger partial charge in [-0.25, -0.2) is 0 Å². The maximum absolute atomic E-state index is 12.4. The van der Waals surface area contributed by atoms with Crippen LogP contribution in [0.3, 0.4) is 0 Å². The highest BCUT2D eigenvalue weighted by Gasteiger charge is 2.19. The van der Waals surface area contributed by atoms with Gasteiger partial charge in [0.2, 0.25) is 0 Å². The fourth-order valence-corrected chi connectivity index (χ4v) is 4.99. The second-order valence-electron chi connectivity index (χ2n) is 5.68. The van der Waals surface area contributed by atoms with Crippen LogP contribution >= 0.6 is 43.5 Å². The summed E-state index contributed by atoms with van der Waals surface area (Å²) in [5.41, 5.74) is 0.0347. The molecule has 0 atom stereocenters. The van der Waals surface area contributed by atoms with Crippen LogP contribution in [-0.4, -0.2) is 28.3 Å². The molecule has 0 unspecified atom stereocenters. The highest BCUT2D eigenvalue weighted by molar-refractivity contribution is 9.10. The first-order chi connectivity index (χ1) is 13.6. The van der Waals surface area contributed by atoms with E-state index in [-0.39, 0.29) is 26.2 Å². The lowest BCUT2D eigenvalue weighted by atomic mass is 10.1. The molecule has 0 bridgehead atoms. The molecule has 29 heavy (non-hydrogen) atoms. The number of allylic oxidation sites excluding steroid dienone is 4. The standard InChI is InChI=1S/C18H11Br2ClN2O4S2/c19-12-1-6-15(7-2-12)28(24,25)22-14-5-10-18(17(21)11-14)23-29(26,27)16-8-3-13(20)4-9-16/h1-11H/b22-14-,23-18+. The van der Waals surface area contributed by atoms with E-state index in [9.17, 15) is 16.8 Å². The summed E-state index contributed by atoms with van der Waals surface area (Å²) < 4.78 is 58.6. The van der Waals surface area contributed by atoms with Crippen LogP contribution < -0.4 is 0 Å². The van der Waals surface area contributed by atoms with Crippen molar-refractivity contribution in [3.8, 4) is 0 Å². The molecule has 0 radical (unpaired) electrons. The Bertz CT molecular complexity index is 1280. The van der Waals surface area contributed by atoms with Crippen molar-refractivity contribution >= 4 is 74.9 Å². The first kappa shape index (κ1) is 22.1. The van der Waals surface area contributed by atoms with E-state index in [1.54, 1.807) is 24.3 Å². The summed E-state index contributed by atoms with van der Waals surface area (Å²) in [6.07, 6.45) is 3.88. The summed E-state index contributed by atoms with van der Waals surface area (Å²) in [4.78, 5) is 0.0201. The predicted octanol–water partition coefficient (Wildman–Crippen LogP) is 4.86. The smallest absolute Gasteiger partial charge is 0.199 e. The maximum Gasteiger partial charge on any atom is 0.282 e. The Labute approximate surface area is 190 Å². The minimum atomic E-state index is -3.98. The maximum atomic E-state index is 12.4. The summed E-state index contributed by atoms with van der Waals surface area (Å²) in [6, 6.07) is 12.0. The summed E-state index contributed by atoms with van der Waals surface area (Å²) >= 11 is 12.6. The normalized spacial score (nSPS) is 17.6. The number of hydrogen-bond acceptors (Lipinski definition) is 4. The first-order valence-electron chi connectivity index (χ1n) is 7.83. The average Bonchev–Trinajstić information content (AvgIpc) is 2.64. The van der Waals surface area contributed by atoms with Crippen molar-refractivity contribution in [2.24, 2.45) is 8.80 Å². The van der Waals surface area contributed by atoms with Gasteiger partial charge in [-0.3, -0.25) is 0 Å². The van der Waals surface area contributed by atoms with Gasteiger partial charge in [-0.15, -0.1) is 0 Å². The number of hydrogen-bond donors (Lipinski definition) is 0. The molecule has 0 aromatic heterocycles. The SMILES string of the molecule is O=S(=O)(/N=C1C=C/C(=N\S(=O)(=O)c2ccc(Br)cc2)C(Cl)=C/1)c1ccc(Br)cc1. The van der Waals surface area contributed by atoms with Crippen LogP contribution in [0, 0.1) is 0 Å². The molecule has 0 saturated carbocycles. The summed E-state index contributed by atoms with van der Waals surface area (Å²) in [5.74, 6) is 0. The van der Waals surface area contributed by atoms with E-state index in [0.717, 1.165) is 8.95 Å². The Balaban J connectivity index is 1.90. The zero-order valence-corrected chi connectivity index (χ0v) is 19.9. The van der Waals surface area contributed by atoms with Crippen molar-refractivity contribution in [2.45, 2.75) is 9.79 Å². The van der Waals surface area contributed by atoms with E-state index >= 15 is 0 Å². The highest BCUT2D eigenvalue weighted by Crippen LogP contribution is 2.21. The third kappa shape index (κ3) is 5.52. The number of nitrogens with zero attached hydrogens (tertiary/aromatic N) is 2. The molecular weight excluding hydrogens is 568 g/mol. The molecule has 6 nitrogen and oxygen atoms in total. The molecule has 11 heteroatoms. The zero-order valence-electron chi connectivity index (χ0n) is 14.3. The Kier molecular flexibility index (Phi) is 6.59. The lowest BCUT2D eigenvalue weighted by Crippen LogP contribution is -2.10. The number of halogens is 3. The summed E-state index contributed by atoms with van der Waals surface area (Å²) in [7, 11) is -7.93. The van der Waals surface area contributed by atoms with Crippen LogP contribution in [0.1, 0.15) is 0 Å². The molecule has 0 heterocycles. The molecule has 1 aliphatic carbocycles. The van der Waals surface area contributed by atoms with Crippen LogP contribution in [-0.2, 0) is 20.0 Å². The monoisotopic (exact) mass is 576 g/mol. The van der Waals surface area contributed by atoms with E-state index in [1.807, 2.05) is 0 Å². The molecule has 1 aliphatic rings. The van der Waals surface area contributed by atoms with Gasteiger partial charge in [0.15, 0.2) is 0 Å². The largest absolute Gasteiger partial charge is 0.282 e. The molecule has 0 amide bonds. The van der Waals surface area contributed by atoms with E-state index in [0.29, 0.717) is 0 Å². The van der Waals surface area contributed by atoms with Crippen molar-refractivity contribution in [1.29, 1.82) is 0 Å². The van der Waals surface area contributed by atoms with Crippen LogP contribution in [0.15, 0.2) is 99.3 Å². The number of sulfonamides is 2. The second kappa shape index (κ2) is 8.65. The lowest BCUT2D eigenvalue weighted by Gasteiger charge is -2.08. The fourth-order valence-electron chi connectivity index (χ4n) is 2.21. The summed E-state index contributed by atoms with van der Waals surface area (Å²) in [5, 5.41) is -0.0436. The molecule has 2 aromatic rings. The third-order valence-electron chi connectivity index (χ3n) is 3.60. The van der Waals surface area contributed by atoms with Gasteiger partial charge in [-0.1, -0.05) is 43.5 Å².